The molecule has 0 N–H and O–H groups in total. The first-order valence-electron chi connectivity index (χ1n) is 8.42. The Morgan fingerprint density at radius 1 is 1.26 bits per heavy atom. The molecular formula is C16H25N3O4. The maximum Gasteiger partial charge on any atom is 0.276 e. The van der Waals surface area contributed by atoms with Gasteiger partial charge in [-0.3, -0.25) is 9.69 Å². The lowest BCUT2D eigenvalue weighted by Crippen LogP contribution is -2.48. The molecule has 2 aliphatic rings. The zero-order valence-electron chi connectivity index (χ0n) is 13.7. The molecule has 0 aliphatic carbocycles. The second-order valence-corrected chi connectivity index (χ2v) is 6.08. The Balaban J connectivity index is 1.62. The molecule has 128 valence electrons. The van der Waals surface area contributed by atoms with Gasteiger partial charge in [-0.2, -0.15) is 0 Å². The van der Waals surface area contributed by atoms with Crippen molar-refractivity contribution >= 4 is 5.91 Å². The lowest BCUT2D eigenvalue weighted by Gasteiger charge is -2.35. The largest absolute Gasteiger partial charge is 0.379 e. The summed E-state index contributed by atoms with van der Waals surface area (Å²) in [5, 5.41) is 3.99. The van der Waals surface area contributed by atoms with E-state index < -0.39 is 0 Å². The fourth-order valence-corrected chi connectivity index (χ4v) is 3.11. The van der Waals surface area contributed by atoms with Crippen LogP contribution in [-0.4, -0.2) is 73.0 Å². The molecule has 0 bridgehead atoms. The molecule has 3 rings (SSSR count). The lowest BCUT2D eigenvalue weighted by molar-refractivity contribution is -0.00483. The molecule has 2 saturated heterocycles. The second kappa shape index (κ2) is 7.90. The number of morpholine rings is 2. The van der Waals surface area contributed by atoms with Crippen LogP contribution < -0.4 is 0 Å². The van der Waals surface area contributed by atoms with Crippen molar-refractivity contribution in [2.45, 2.75) is 32.4 Å². The highest BCUT2D eigenvalue weighted by Gasteiger charge is 2.29. The van der Waals surface area contributed by atoms with Gasteiger partial charge in [0.05, 0.1) is 39.0 Å². The number of hydrogen-bond donors (Lipinski definition) is 0. The molecule has 1 atom stereocenters. The van der Waals surface area contributed by atoms with Gasteiger partial charge in [0.25, 0.3) is 5.91 Å². The average Bonchev–Trinajstić information content (AvgIpc) is 3.04. The number of rotatable bonds is 5. The highest BCUT2D eigenvalue weighted by molar-refractivity contribution is 5.92. The molecule has 7 heteroatoms. The van der Waals surface area contributed by atoms with Gasteiger partial charge >= 0.3 is 0 Å². The third-order valence-electron chi connectivity index (χ3n) is 4.37. The van der Waals surface area contributed by atoms with Crippen LogP contribution in [0.4, 0.5) is 0 Å². The Morgan fingerprint density at radius 2 is 2.04 bits per heavy atom. The van der Waals surface area contributed by atoms with E-state index in [1.165, 1.54) is 0 Å². The molecule has 0 aromatic carbocycles. The molecule has 3 heterocycles. The third kappa shape index (κ3) is 4.10. The molecular weight excluding hydrogens is 298 g/mol. The second-order valence-electron chi connectivity index (χ2n) is 6.08. The number of carbonyl (C=O) groups is 1. The van der Waals surface area contributed by atoms with Crippen LogP contribution in [0.2, 0.25) is 0 Å². The van der Waals surface area contributed by atoms with Crippen molar-refractivity contribution in [2.75, 3.05) is 46.1 Å². The molecule has 7 nitrogen and oxygen atoms in total. The molecule has 2 fully saturated rings. The summed E-state index contributed by atoms with van der Waals surface area (Å²) in [6.45, 7) is 7.85. The van der Waals surface area contributed by atoms with Crippen LogP contribution in [-0.2, 0) is 16.0 Å². The number of carbonyl (C=O) groups excluding carboxylic acids is 1. The van der Waals surface area contributed by atoms with Gasteiger partial charge in [-0.25, -0.2) is 0 Å². The Kier molecular flexibility index (Phi) is 5.64. The van der Waals surface area contributed by atoms with Crippen LogP contribution in [0, 0.1) is 0 Å². The standard InChI is InChI=1S/C16H25N3O4/c1-2-3-13-12-22-9-6-19(13)16(20)15-10-14(23-17-15)11-18-4-7-21-8-5-18/h10,13H,2-9,11-12H2,1H3. The van der Waals surface area contributed by atoms with E-state index in [0.717, 1.165) is 44.9 Å². The summed E-state index contributed by atoms with van der Waals surface area (Å²) < 4.78 is 16.2. The van der Waals surface area contributed by atoms with E-state index in [1.807, 2.05) is 4.90 Å². The van der Waals surface area contributed by atoms with E-state index in [0.29, 0.717) is 32.0 Å². The summed E-state index contributed by atoms with van der Waals surface area (Å²) >= 11 is 0. The van der Waals surface area contributed by atoms with Crippen molar-refractivity contribution in [2.24, 2.45) is 0 Å². The number of aromatic nitrogens is 1. The van der Waals surface area contributed by atoms with Crippen molar-refractivity contribution in [3.8, 4) is 0 Å². The van der Waals surface area contributed by atoms with E-state index >= 15 is 0 Å². The lowest BCUT2D eigenvalue weighted by atomic mass is 10.1. The SMILES string of the molecule is CCCC1COCCN1C(=O)c1cc(CN2CCOCC2)on1. The van der Waals surface area contributed by atoms with Crippen LogP contribution in [0.15, 0.2) is 10.6 Å². The molecule has 2 aliphatic heterocycles. The van der Waals surface area contributed by atoms with Crippen LogP contribution in [0.5, 0.6) is 0 Å². The van der Waals surface area contributed by atoms with E-state index in [4.69, 9.17) is 14.0 Å². The summed E-state index contributed by atoms with van der Waals surface area (Å²) in [5.74, 6) is 0.680. The third-order valence-corrected chi connectivity index (χ3v) is 4.37. The van der Waals surface area contributed by atoms with Crippen molar-refractivity contribution in [1.29, 1.82) is 0 Å². The van der Waals surface area contributed by atoms with Crippen LogP contribution >= 0.6 is 0 Å². The normalized spacial score (nSPS) is 23.2. The first-order chi connectivity index (χ1) is 11.3. The first kappa shape index (κ1) is 16.4. The summed E-state index contributed by atoms with van der Waals surface area (Å²) in [6, 6.07) is 1.91. The molecule has 1 aromatic heterocycles. The molecule has 1 amide bonds. The molecule has 23 heavy (non-hydrogen) atoms. The van der Waals surface area contributed by atoms with Crippen molar-refractivity contribution in [1.82, 2.24) is 15.0 Å². The summed E-state index contributed by atoms with van der Waals surface area (Å²) in [5.41, 5.74) is 0.399. The highest BCUT2D eigenvalue weighted by Crippen LogP contribution is 2.17. The van der Waals surface area contributed by atoms with Crippen molar-refractivity contribution < 1.29 is 18.8 Å². The zero-order valence-corrected chi connectivity index (χ0v) is 13.7. The van der Waals surface area contributed by atoms with Crippen LogP contribution in [0.1, 0.15) is 36.0 Å². The Morgan fingerprint density at radius 3 is 2.83 bits per heavy atom. The minimum Gasteiger partial charge on any atom is -0.379 e. The van der Waals surface area contributed by atoms with Crippen LogP contribution in [0.3, 0.4) is 0 Å². The number of amides is 1. The van der Waals surface area contributed by atoms with Gasteiger partial charge in [0.15, 0.2) is 11.5 Å². The summed E-state index contributed by atoms with van der Waals surface area (Å²) in [4.78, 5) is 16.8. The molecule has 0 spiro atoms. The van der Waals surface area contributed by atoms with Gasteiger partial charge in [0, 0.05) is 25.7 Å². The van der Waals surface area contributed by atoms with E-state index in [2.05, 4.69) is 17.0 Å². The Bertz CT molecular complexity index is 511. The highest BCUT2D eigenvalue weighted by atomic mass is 16.5. The molecule has 1 unspecified atom stereocenters. The van der Waals surface area contributed by atoms with Crippen molar-refractivity contribution in [3.05, 3.63) is 17.5 Å². The topological polar surface area (TPSA) is 68.0 Å². The van der Waals surface area contributed by atoms with Gasteiger partial charge in [-0.1, -0.05) is 18.5 Å². The van der Waals surface area contributed by atoms with Gasteiger partial charge < -0.3 is 18.9 Å². The number of hydrogen-bond acceptors (Lipinski definition) is 6. The van der Waals surface area contributed by atoms with Gasteiger partial charge in [-0.15, -0.1) is 0 Å². The van der Waals surface area contributed by atoms with Gasteiger partial charge in [0.1, 0.15) is 0 Å². The zero-order chi connectivity index (χ0) is 16.1. The first-order valence-corrected chi connectivity index (χ1v) is 8.42. The predicted molar refractivity (Wildman–Crippen MR) is 83.2 cm³/mol. The number of nitrogens with zero attached hydrogens (tertiary/aromatic N) is 3. The Labute approximate surface area is 136 Å². The minimum atomic E-state index is -0.0521. The molecule has 0 radical (unpaired) electrons. The van der Waals surface area contributed by atoms with E-state index in [-0.39, 0.29) is 11.9 Å². The fraction of sp³-hybridized carbons (Fsp3) is 0.750. The fourth-order valence-electron chi connectivity index (χ4n) is 3.11. The molecule has 1 aromatic rings. The van der Waals surface area contributed by atoms with E-state index in [9.17, 15) is 4.79 Å². The summed E-state index contributed by atoms with van der Waals surface area (Å²) in [6.07, 6.45) is 1.98. The minimum absolute atomic E-state index is 0.0521. The average molecular weight is 323 g/mol. The van der Waals surface area contributed by atoms with Gasteiger partial charge in [-0.05, 0) is 6.42 Å². The monoisotopic (exact) mass is 323 g/mol. The maximum absolute atomic E-state index is 12.7. The van der Waals surface area contributed by atoms with Crippen molar-refractivity contribution in [3.63, 3.8) is 0 Å². The van der Waals surface area contributed by atoms with Crippen LogP contribution in [0.25, 0.3) is 0 Å². The summed E-state index contributed by atoms with van der Waals surface area (Å²) in [7, 11) is 0. The smallest absolute Gasteiger partial charge is 0.276 e. The quantitative estimate of drug-likeness (QED) is 0.810. The Hall–Kier alpha value is -1.44. The molecule has 0 saturated carbocycles. The van der Waals surface area contributed by atoms with Gasteiger partial charge in [0.2, 0.25) is 0 Å². The maximum atomic E-state index is 12.7. The van der Waals surface area contributed by atoms with E-state index in [1.54, 1.807) is 6.07 Å². The predicted octanol–water partition coefficient (Wildman–Crippen LogP) is 1.15. The number of ether oxygens (including phenoxy) is 2.